The number of amides is 2. The van der Waals surface area contributed by atoms with Gasteiger partial charge in [0.05, 0.1) is 20.9 Å². The molecule has 38 heavy (non-hydrogen) atoms. The quantitative estimate of drug-likeness (QED) is 0.254. The maximum absolute atomic E-state index is 13.3. The van der Waals surface area contributed by atoms with E-state index in [1.807, 2.05) is 0 Å². The van der Waals surface area contributed by atoms with Crippen LogP contribution >= 0.6 is 23.2 Å². The first kappa shape index (κ1) is 25.2. The van der Waals surface area contributed by atoms with Crippen molar-refractivity contribution in [1.82, 2.24) is 20.4 Å². The summed E-state index contributed by atoms with van der Waals surface area (Å²) in [4.78, 5) is 55.5. The van der Waals surface area contributed by atoms with Crippen LogP contribution in [0.15, 0.2) is 86.8 Å². The van der Waals surface area contributed by atoms with Crippen molar-refractivity contribution in [2.24, 2.45) is 0 Å². The Labute approximate surface area is 224 Å². The van der Waals surface area contributed by atoms with Crippen LogP contribution < -0.4 is 22.0 Å². The van der Waals surface area contributed by atoms with Crippen molar-refractivity contribution in [2.45, 2.75) is 13.0 Å². The fourth-order valence-electron chi connectivity index (χ4n) is 3.94. The predicted molar refractivity (Wildman–Crippen MR) is 143 cm³/mol. The lowest BCUT2D eigenvalue weighted by atomic mass is 10.1. The summed E-state index contributed by atoms with van der Waals surface area (Å²) >= 11 is 12.2. The summed E-state index contributed by atoms with van der Waals surface area (Å²) in [5.41, 5.74) is 4.41. The molecule has 0 bridgehead atoms. The molecule has 2 N–H and O–H groups in total. The van der Waals surface area contributed by atoms with Crippen molar-refractivity contribution in [2.75, 3.05) is 0 Å². The molecule has 0 saturated carbocycles. The van der Waals surface area contributed by atoms with Crippen molar-refractivity contribution in [3.8, 4) is 0 Å². The van der Waals surface area contributed by atoms with Gasteiger partial charge in [0.15, 0.2) is 0 Å². The highest BCUT2D eigenvalue weighted by Gasteiger charge is 2.17. The number of carbonyl (C=O) groups excluding carboxylic acids is 2. The summed E-state index contributed by atoms with van der Waals surface area (Å²) in [6.45, 7) is -0.445. The first-order valence-corrected chi connectivity index (χ1v) is 12.1. The van der Waals surface area contributed by atoms with Gasteiger partial charge in [0, 0.05) is 11.8 Å². The third-order valence-electron chi connectivity index (χ3n) is 5.79. The zero-order chi connectivity index (χ0) is 26.8. The van der Waals surface area contributed by atoms with Crippen molar-refractivity contribution < 1.29 is 14.0 Å². The minimum absolute atomic E-state index is 0.189. The van der Waals surface area contributed by atoms with Gasteiger partial charge in [0.25, 0.3) is 17.4 Å². The first-order valence-electron chi connectivity index (χ1n) is 11.3. The molecular formula is C27H18Cl2N4O5. The monoisotopic (exact) mass is 548 g/mol. The van der Waals surface area contributed by atoms with Crippen LogP contribution in [0.5, 0.6) is 0 Å². The molecule has 2 heterocycles. The first-order chi connectivity index (χ1) is 18.3. The topological polar surface area (TPSA) is 123 Å². The molecule has 0 fully saturated rings. The average Bonchev–Trinajstić information content (AvgIpc) is 2.91. The summed E-state index contributed by atoms with van der Waals surface area (Å²) in [5, 5.41) is 1.60. The minimum atomic E-state index is -0.863. The largest absolute Gasteiger partial charge is 0.422 e. The van der Waals surface area contributed by atoms with E-state index in [2.05, 4.69) is 15.8 Å². The number of fused-ring (bicyclic) bond motifs is 2. The molecule has 0 atom stereocenters. The number of nitrogens with one attached hydrogen (secondary N) is 2. The van der Waals surface area contributed by atoms with Crippen LogP contribution in [0.2, 0.25) is 10.0 Å². The summed E-state index contributed by atoms with van der Waals surface area (Å²) in [7, 11) is 0. The van der Waals surface area contributed by atoms with Crippen molar-refractivity contribution in [3.63, 3.8) is 0 Å². The van der Waals surface area contributed by atoms with Crippen LogP contribution in [0.3, 0.4) is 0 Å². The van der Waals surface area contributed by atoms with Gasteiger partial charge in [-0.05, 0) is 42.0 Å². The lowest BCUT2D eigenvalue weighted by molar-refractivity contribution is -0.122. The number of aromatic nitrogens is 2. The van der Waals surface area contributed by atoms with Gasteiger partial charge < -0.3 is 4.42 Å². The van der Waals surface area contributed by atoms with E-state index in [1.54, 1.807) is 66.7 Å². The van der Waals surface area contributed by atoms with Gasteiger partial charge in [-0.1, -0.05) is 59.6 Å². The highest BCUT2D eigenvalue weighted by atomic mass is 35.5. The Morgan fingerprint density at radius 1 is 0.895 bits per heavy atom. The summed E-state index contributed by atoms with van der Waals surface area (Å²) in [6.07, 6.45) is 0.189. The van der Waals surface area contributed by atoms with Gasteiger partial charge in [0.2, 0.25) is 0 Å². The second-order valence-corrected chi connectivity index (χ2v) is 9.16. The number of nitrogens with zero attached hydrogens (tertiary/aromatic N) is 2. The third kappa shape index (κ3) is 5.15. The van der Waals surface area contributed by atoms with E-state index in [0.29, 0.717) is 37.7 Å². The van der Waals surface area contributed by atoms with E-state index in [4.69, 9.17) is 27.6 Å². The van der Waals surface area contributed by atoms with E-state index >= 15 is 0 Å². The second kappa shape index (κ2) is 10.5. The normalized spacial score (nSPS) is 11.0. The Morgan fingerprint density at radius 2 is 1.66 bits per heavy atom. The summed E-state index contributed by atoms with van der Waals surface area (Å²) in [5.74, 6) is -1.26. The molecule has 9 nitrogen and oxygen atoms in total. The Balaban J connectivity index is 1.39. The van der Waals surface area contributed by atoms with Gasteiger partial charge in [0.1, 0.15) is 23.5 Å². The molecule has 0 aliphatic rings. The number of rotatable bonds is 5. The summed E-state index contributed by atoms with van der Waals surface area (Å²) in [6, 6.07) is 19.9. The third-order valence-corrected chi connectivity index (χ3v) is 6.53. The number of benzene rings is 3. The molecule has 11 heteroatoms. The molecule has 190 valence electrons. The van der Waals surface area contributed by atoms with Gasteiger partial charge >= 0.3 is 5.63 Å². The molecule has 0 unspecified atom stereocenters. The fraction of sp³-hybridized carbons (Fsp3) is 0.0741. The molecule has 2 amide bonds. The molecule has 0 saturated heterocycles. The maximum atomic E-state index is 13.3. The van der Waals surface area contributed by atoms with Crippen LogP contribution in [0.4, 0.5) is 0 Å². The van der Waals surface area contributed by atoms with E-state index in [-0.39, 0.29) is 12.0 Å². The average molecular weight is 549 g/mol. The molecule has 0 spiro atoms. The molecule has 5 aromatic rings. The molecule has 0 radical (unpaired) electrons. The second-order valence-electron chi connectivity index (χ2n) is 8.35. The molecule has 0 aliphatic carbocycles. The van der Waals surface area contributed by atoms with Gasteiger partial charge in [-0.15, -0.1) is 0 Å². The number of carbonyl (C=O) groups is 2. The molecule has 0 aliphatic heterocycles. The number of para-hydroxylation sites is 2. The van der Waals surface area contributed by atoms with Crippen LogP contribution in [-0.4, -0.2) is 21.4 Å². The Kier molecular flexibility index (Phi) is 6.95. The van der Waals surface area contributed by atoms with Crippen molar-refractivity contribution >= 4 is 56.9 Å². The number of hydrogen-bond donors (Lipinski definition) is 2. The van der Waals surface area contributed by atoms with Crippen LogP contribution in [0.25, 0.3) is 21.9 Å². The molecule has 3 aromatic carbocycles. The molecular weight excluding hydrogens is 531 g/mol. The zero-order valence-electron chi connectivity index (χ0n) is 19.5. The molecule has 5 rings (SSSR count). The lowest BCUT2D eigenvalue weighted by Crippen LogP contribution is -2.45. The van der Waals surface area contributed by atoms with E-state index < -0.39 is 29.5 Å². The van der Waals surface area contributed by atoms with E-state index in [0.717, 1.165) is 5.56 Å². The predicted octanol–water partition coefficient (Wildman–Crippen LogP) is 3.86. The number of hydrogen-bond acceptors (Lipinski definition) is 6. The Bertz CT molecular complexity index is 1850. The lowest BCUT2D eigenvalue weighted by Gasteiger charge is -2.14. The number of hydrazine groups is 1. The van der Waals surface area contributed by atoms with Crippen molar-refractivity contribution in [1.29, 1.82) is 0 Å². The minimum Gasteiger partial charge on any atom is -0.422 e. The van der Waals surface area contributed by atoms with Crippen LogP contribution in [0, 0.1) is 0 Å². The van der Waals surface area contributed by atoms with Crippen LogP contribution in [0.1, 0.15) is 21.7 Å². The van der Waals surface area contributed by atoms with Gasteiger partial charge in [-0.25, -0.2) is 9.78 Å². The SMILES string of the molecule is O=C(Cn1c(Cc2ccc(Cl)c(Cl)c2)nc2ccccc2c1=O)NNC(=O)c1cc2ccccc2oc1=O. The zero-order valence-corrected chi connectivity index (χ0v) is 21.0. The maximum Gasteiger partial charge on any atom is 0.349 e. The van der Waals surface area contributed by atoms with Crippen LogP contribution in [-0.2, 0) is 17.8 Å². The summed E-state index contributed by atoms with van der Waals surface area (Å²) < 4.78 is 6.38. The van der Waals surface area contributed by atoms with Crippen molar-refractivity contribution in [3.05, 3.63) is 121 Å². The highest BCUT2D eigenvalue weighted by Crippen LogP contribution is 2.24. The molecule has 2 aromatic heterocycles. The fourth-order valence-corrected chi connectivity index (χ4v) is 4.26. The standard InChI is InChI=1S/C27H18Cl2N4O5/c28-19-10-9-15(11-20(19)29)12-23-30-21-7-3-2-6-17(21)26(36)33(23)14-24(34)31-32-25(35)18-13-16-5-1-4-8-22(16)38-27(18)37/h1-11,13H,12,14H2,(H,31,34)(H,32,35). The Hall–Kier alpha value is -4.47. The van der Waals surface area contributed by atoms with Gasteiger partial charge in [-0.3, -0.25) is 29.8 Å². The van der Waals surface area contributed by atoms with E-state index in [9.17, 15) is 19.2 Å². The van der Waals surface area contributed by atoms with Gasteiger partial charge in [-0.2, -0.15) is 0 Å². The number of halogens is 2. The highest BCUT2D eigenvalue weighted by molar-refractivity contribution is 6.42. The smallest absolute Gasteiger partial charge is 0.349 e. The van der Waals surface area contributed by atoms with E-state index in [1.165, 1.54) is 10.6 Å². The Morgan fingerprint density at radius 3 is 2.47 bits per heavy atom.